The van der Waals surface area contributed by atoms with Crippen molar-refractivity contribution in [3.8, 4) is 5.75 Å². The molecule has 0 aliphatic carbocycles. The first kappa shape index (κ1) is 18.5. The van der Waals surface area contributed by atoms with Crippen LogP contribution in [0.15, 0.2) is 34.7 Å². The molecule has 8 heteroatoms. The summed E-state index contributed by atoms with van der Waals surface area (Å²) in [5, 5.41) is 11.5. The molecule has 8 nitrogen and oxygen atoms in total. The fourth-order valence-corrected chi connectivity index (χ4v) is 3.03. The SMILES string of the molecule is COc1ccc(C)cc1N1C[C@@H](C(=O)NCc2ccc(C(=O)O)o2)CC1=O. The average molecular weight is 372 g/mol. The summed E-state index contributed by atoms with van der Waals surface area (Å²) < 4.78 is 10.4. The number of rotatable bonds is 6. The molecule has 0 spiro atoms. The molecule has 0 unspecified atom stereocenters. The Morgan fingerprint density at radius 3 is 2.78 bits per heavy atom. The second-order valence-electron chi connectivity index (χ2n) is 6.37. The van der Waals surface area contributed by atoms with E-state index in [9.17, 15) is 14.4 Å². The average Bonchev–Trinajstić information content (AvgIpc) is 3.26. The summed E-state index contributed by atoms with van der Waals surface area (Å²) >= 11 is 0. The summed E-state index contributed by atoms with van der Waals surface area (Å²) in [5.74, 6) is -1.38. The largest absolute Gasteiger partial charge is 0.495 e. The number of nitrogens with zero attached hydrogens (tertiary/aromatic N) is 1. The number of hydrogen-bond donors (Lipinski definition) is 2. The van der Waals surface area contributed by atoms with Gasteiger partial charge in [0.1, 0.15) is 11.5 Å². The number of amides is 2. The Morgan fingerprint density at radius 2 is 2.11 bits per heavy atom. The van der Waals surface area contributed by atoms with Crippen molar-refractivity contribution in [2.24, 2.45) is 5.92 Å². The van der Waals surface area contributed by atoms with Crippen LogP contribution in [0.3, 0.4) is 0 Å². The van der Waals surface area contributed by atoms with Crippen LogP contribution in [-0.2, 0) is 16.1 Å². The van der Waals surface area contributed by atoms with E-state index < -0.39 is 11.9 Å². The zero-order chi connectivity index (χ0) is 19.6. The molecule has 1 atom stereocenters. The molecule has 2 N–H and O–H groups in total. The van der Waals surface area contributed by atoms with Crippen molar-refractivity contribution in [2.75, 3.05) is 18.6 Å². The molecular formula is C19H20N2O6. The Morgan fingerprint density at radius 1 is 1.33 bits per heavy atom. The first-order chi connectivity index (χ1) is 12.9. The van der Waals surface area contributed by atoms with Gasteiger partial charge >= 0.3 is 5.97 Å². The van der Waals surface area contributed by atoms with Crippen molar-refractivity contribution in [3.63, 3.8) is 0 Å². The van der Waals surface area contributed by atoms with Gasteiger partial charge < -0.3 is 24.5 Å². The monoisotopic (exact) mass is 372 g/mol. The summed E-state index contributed by atoms with van der Waals surface area (Å²) in [7, 11) is 1.54. The normalized spacial score (nSPS) is 16.4. The van der Waals surface area contributed by atoms with Crippen LogP contribution in [0.25, 0.3) is 0 Å². The number of nitrogens with one attached hydrogen (secondary N) is 1. The zero-order valence-corrected chi connectivity index (χ0v) is 15.0. The molecule has 2 aromatic rings. The van der Waals surface area contributed by atoms with Gasteiger partial charge in [0.05, 0.1) is 25.3 Å². The fourth-order valence-electron chi connectivity index (χ4n) is 3.03. The molecule has 3 rings (SSSR count). The number of carbonyl (C=O) groups is 3. The highest BCUT2D eigenvalue weighted by Crippen LogP contribution is 2.33. The van der Waals surface area contributed by atoms with E-state index in [1.807, 2.05) is 19.1 Å². The Labute approximate surface area is 155 Å². The third kappa shape index (κ3) is 3.94. The number of furan rings is 1. The highest BCUT2D eigenvalue weighted by Gasteiger charge is 2.36. The van der Waals surface area contributed by atoms with E-state index in [1.54, 1.807) is 11.0 Å². The van der Waals surface area contributed by atoms with E-state index in [2.05, 4.69) is 5.32 Å². The number of methoxy groups -OCH3 is 1. The van der Waals surface area contributed by atoms with Gasteiger partial charge in [-0.15, -0.1) is 0 Å². The lowest BCUT2D eigenvalue weighted by Crippen LogP contribution is -2.32. The van der Waals surface area contributed by atoms with Gasteiger partial charge in [-0.3, -0.25) is 9.59 Å². The van der Waals surface area contributed by atoms with Crippen LogP contribution in [0, 0.1) is 12.8 Å². The maximum atomic E-state index is 12.4. The minimum atomic E-state index is -1.17. The first-order valence-electron chi connectivity index (χ1n) is 8.43. The van der Waals surface area contributed by atoms with Gasteiger partial charge in [0.25, 0.3) is 0 Å². The minimum absolute atomic E-state index is 0.0601. The van der Waals surface area contributed by atoms with E-state index in [4.69, 9.17) is 14.3 Å². The standard InChI is InChI=1S/C19H20N2O6/c1-11-3-5-15(26-2)14(7-11)21-10-12(8-17(21)22)18(23)20-9-13-4-6-16(27-13)19(24)25/h3-7,12H,8-10H2,1-2H3,(H,20,23)(H,24,25)/t12-/m0/s1. The van der Waals surface area contributed by atoms with Crippen LogP contribution in [0.5, 0.6) is 5.75 Å². The number of aryl methyl sites for hydroxylation is 1. The molecule has 27 heavy (non-hydrogen) atoms. The van der Waals surface area contributed by atoms with Crippen molar-refractivity contribution in [2.45, 2.75) is 19.9 Å². The maximum absolute atomic E-state index is 12.4. The third-order valence-corrected chi connectivity index (χ3v) is 4.43. The number of carboxylic acid groups (broad SMARTS) is 1. The molecule has 1 aromatic carbocycles. The molecule has 2 heterocycles. The van der Waals surface area contributed by atoms with Crippen LogP contribution < -0.4 is 15.0 Å². The summed E-state index contributed by atoms with van der Waals surface area (Å²) in [6.45, 7) is 2.23. The smallest absolute Gasteiger partial charge is 0.371 e. The van der Waals surface area contributed by atoms with Gasteiger partial charge in [-0.2, -0.15) is 0 Å². The number of anilines is 1. The van der Waals surface area contributed by atoms with E-state index in [0.717, 1.165) is 5.56 Å². The van der Waals surface area contributed by atoms with Crippen molar-refractivity contribution >= 4 is 23.5 Å². The second-order valence-corrected chi connectivity index (χ2v) is 6.37. The molecule has 2 amide bonds. The van der Waals surface area contributed by atoms with Gasteiger partial charge in [-0.1, -0.05) is 6.07 Å². The number of benzene rings is 1. The quantitative estimate of drug-likeness (QED) is 0.802. The van der Waals surface area contributed by atoms with Gasteiger partial charge in [0, 0.05) is 13.0 Å². The molecule has 0 radical (unpaired) electrons. The fraction of sp³-hybridized carbons (Fsp3) is 0.316. The van der Waals surface area contributed by atoms with Gasteiger partial charge in [0.2, 0.25) is 17.6 Å². The lowest BCUT2D eigenvalue weighted by molar-refractivity contribution is -0.126. The molecule has 1 fully saturated rings. The Balaban J connectivity index is 1.65. The third-order valence-electron chi connectivity index (χ3n) is 4.43. The molecule has 0 bridgehead atoms. The number of hydrogen-bond acceptors (Lipinski definition) is 5. The van der Waals surface area contributed by atoms with E-state index in [-0.39, 0.29) is 37.1 Å². The lowest BCUT2D eigenvalue weighted by atomic mass is 10.1. The van der Waals surface area contributed by atoms with Crippen molar-refractivity contribution in [1.29, 1.82) is 0 Å². The molecule has 1 aromatic heterocycles. The second kappa shape index (κ2) is 7.53. The number of aromatic carboxylic acids is 1. The molecule has 1 aliphatic heterocycles. The predicted octanol–water partition coefficient (Wildman–Crippen LogP) is 1.96. The molecule has 1 saturated heterocycles. The summed E-state index contributed by atoms with van der Waals surface area (Å²) in [4.78, 5) is 37.2. The molecule has 1 aliphatic rings. The molecule has 142 valence electrons. The Hall–Kier alpha value is -3.29. The Kier molecular flexibility index (Phi) is 5.16. The van der Waals surface area contributed by atoms with Crippen molar-refractivity contribution in [3.05, 3.63) is 47.4 Å². The number of carbonyl (C=O) groups excluding carboxylic acids is 2. The van der Waals surface area contributed by atoms with Gasteiger partial charge in [-0.05, 0) is 36.8 Å². The topological polar surface area (TPSA) is 109 Å². The summed E-state index contributed by atoms with van der Waals surface area (Å²) in [5.41, 5.74) is 1.63. The zero-order valence-electron chi connectivity index (χ0n) is 15.0. The molecular weight excluding hydrogens is 352 g/mol. The van der Waals surface area contributed by atoms with Crippen LogP contribution in [0.1, 0.15) is 28.3 Å². The van der Waals surface area contributed by atoms with Crippen molar-refractivity contribution in [1.82, 2.24) is 5.32 Å². The summed E-state index contributed by atoms with van der Waals surface area (Å²) in [6, 6.07) is 8.36. The van der Waals surface area contributed by atoms with E-state index in [1.165, 1.54) is 19.2 Å². The van der Waals surface area contributed by atoms with Gasteiger partial charge in [-0.25, -0.2) is 4.79 Å². The lowest BCUT2D eigenvalue weighted by Gasteiger charge is -2.20. The highest BCUT2D eigenvalue weighted by molar-refractivity contribution is 6.01. The van der Waals surface area contributed by atoms with Crippen LogP contribution in [0.4, 0.5) is 5.69 Å². The predicted molar refractivity (Wildman–Crippen MR) is 95.7 cm³/mol. The number of ether oxygens (including phenoxy) is 1. The Bertz CT molecular complexity index is 888. The van der Waals surface area contributed by atoms with Crippen LogP contribution >= 0.6 is 0 Å². The maximum Gasteiger partial charge on any atom is 0.371 e. The van der Waals surface area contributed by atoms with Gasteiger partial charge in [0.15, 0.2) is 0 Å². The first-order valence-corrected chi connectivity index (χ1v) is 8.43. The van der Waals surface area contributed by atoms with Crippen LogP contribution in [0.2, 0.25) is 0 Å². The van der Waals surface area contributed by atoms with E-state index in [0.29, 0.717) is 17.2 Å². The van der Waals surface area contributed by atoms with Crippen molar-refractivity contribution < 1.29 is 28.6 Å². The highest BCUT2D eigenvalue weighted by atomic mass is 16.5. The molecule has 0 saturated carbocycles. The van der Waals surface area contributed by atoms with Crippen LogP contribution in [-0.4, -0.2) is 36.5 Å². The number of carboxylic acids is 1. The minimum Gasteiger partial charge on any atom is -0.495 e. The summed E-state index contributed by atoms with van der Waals surface area (Å²) in [6.07, 6.45) is 0.0987. The van der Waals surface area contributed by atoms with E-state index >= 15 is 0 Å².